The lowest BCUT2D eigenvalue weighted by Gasteiger charge is -2.38. The van der Waals surface area contributed by atoms with Gasteiger partial charge in [-0.2, -0.15) is 4.31 Å². The zero-order valence-electron chi connectivity index (χ0n) is 19.9. The number of carbonyl (C=O) groups is 2. The Bertz CT molecular complexity index is 1080. The number of sulfonamides is 1. The van der Waals surface area contributed by atoms with Gasteiger partial charge in [-0.15, -0.1) is 0 Å². The fourth-order valence-corrected chi connectivity index (χ4v) is 6.14. The Labute approximate surface area is 207 Å². The van der Waals surface area contributed by atoms with Gasteiger partial charge in [-0.25, -0.2) is 8.42 Å². The van der Waals surface area contributed by atoms with E-state index in [4.69, 9.17) is 4.74 Å². The molecule has 0 aromatic heterocycles. The van der Waals surface area contributed by atoms with Gasteiger partial charge in [-0.3, -0.25) is 9.59 Å². The van der Waals surface area contributed by atoms with E-state index in [9.17, 15) is 18.0 Å². The number of para-hydroxylation sites is 1. The molecule has 2 saturated heterocycles. The summed E-state index contributed by atoms with van der Waals surface area (Å²) in [5.41, 5.74) is 0.763. The summed E-state index contributed by atoms with van der Waals surface area (Å²) >= 11 is 0. The maximum Gasteiger partial charge on any atom is 0.225 e. The number of hydrogen-bond donors (Lipinski definition) is 0. The van der Waals surface area contributed by atoms with E-state index in [1.165, 1.54) is 4.31 Å². The van der Waals surface area contributed by atoms with Crippen molar-refractivity contribution in [3.8, 4) is 5.75 Å². The lowest BCUT2D eigenvalue weighted by atomic mass is 9.95. The number of carbonyl (C=O) groups excluding carboxylic acids is 2. The summed E-state index contributed by atoms with van der Waals surface area (Å²) < 4.78 is 32.6. The second-order valence-corrected chi connectivity index (χ2v) is 11.0. The highest BCUT2D eigenvalue weighted by atomic mass is 32.2. The molecule has 2 aliphatic heterocycles. The Morgan fingerprint density at radius 3 is 2.03 bits per heavy atom. The fraction of sp³-hybridized carbons (Fsp3) is 0.462. The van der Waals surface area contributed by atoms with E-state index in [0.29, 0.717) is 65.1 Å². The molecule has 0 saturated carbocycles. The standard InChI is InChI=1S/C26H33N3O5S/c30-25(13-20-34-24-9-5-2-6-10-24)27-14-11-23(12-15-27)26(31)28-16-18-29(19-17-28)35(32,33)21-22-7-3-1-4-8-22/h1-10,23H,11-21H2. The molecule has 2 aromatic carbocycles. The lowest BCUT2D eigenvalue weighted by molar-refractivity contribution is -0.141. The summed E-state index contributed by atoms with van der Waals surface area (Å²) in [6.45, 7) is 2.90. The van der Waals surface area contributed by atoms with Crippen molar-refractivity contribution in [2.45, 2.75) is 25.0 Å². The molecule has 0 aliphatic carbocycles. The Morgan fingerprint density at radius 1 is 0.800 bits per heavy atom. The molecule has 9 heteroatoms. The third-order valence-corrected chi connectivity index (χ3v) is 8.51. The molecule has 2 aromatic rings. The van der Waals surface area contributed by atoms with Crippen LogP contribution in [0.4, 0.5) is 0 Å². The average Bonchev–Trinajstić information content (AvgIpc) is 2.89. The van der Waals surface area contributed by atoms with Gasteiger partial charge < -0.3 is 14.5 Å². The number of rotatable bonds is 8. The Balaban J connectivity index is 1.18. The van der Waals surface area contributed by atoms with Gasteiger partial charge in [-0.1, -0.05) is 48.5 Å². The zero-order chi connectivity index (χ0) is 24.7. The highest BCUT2D eigenvalue weighted by Gasteiger charge is 2.34. The van der Waals surface area contributed by atoms with Crippen molar-refractivity contribution in [3.63, 3.8) is 0 Å². The summed E-state index contributed by atoms with van der Waals surface area (Å²) in [5, 5.41) is 0. The number of hydrogen-bond acceptors (Lipinski definition) is 5. The van der Waals surface area contributed by atoms with Crippen LogP contribution in [0.3, 0.4) is 0 Å². The Kier molecular flexibility index (Phi) is 8.41. The van der Waals surface area contributed by atoms with Crippen molar-refractivity contribution in [2.24, 2.45) is 5.92 Å². The number of piperazine rings is 1. The molecule has 0 N–H and O–H groups in total. The van der Waals surface area contributed by atoms with Crippen LogP contribution in [0.5, 0.6) is 5.75 Å². The maximum absolute atomic E-state index is 13.0. The van der Waals surface area contributed by atoms with Crippen LogP contribution >= 0.6 is 0 Å². The third kappa shape index (κ3) is 6.82. The van der Waals surface area contributed by atoms with Gasteiger partial charge in [0.2, 0.25) is 21.8 Å². The topological polar surface area (TPSA) is 87.2 Å². The smallest absolute Gasteiger partial charge is 0.225 e. The highest BCUT2D eigenvalue weighted by molar-refractivity contribution is 7.88. The predicted octanol–water partition coefficient (Wildman–Crippen LogP) is 2.37. The SMILES string of the molecule is O=C(CCOc1ccccc1)N1CCC(C(=O)N2CCN(S(=O)(=O)Cc3ccccc3)CC2)CC1. The van der Waals surface area contributed by atoms with Crippen molar-refractivity contribution in [1.82, 2.24) is 14.1 Å². The monoisotopic (exact) mass is 499 g/mol. The summed E-state index contributed by atoms with van der Waals surface area (Å²) in [6.07, 6.45) is 1.58. The number of ether oxygens (including phenoxy) is 1. The third-order valence-electron chi connectivity index (χ3n) is 6.66. The van der Waals surface area contributed by atoms with Crippen LogP contribution in [0.1, 0.15) is 24.8 Å². The van der Waals surface area contributed by atoms with E-state index in [1.54, 1.807) is 4.90 Å². The normalized spacial score (nSPS) is 17.8. The highest BCUT2D eigenvalue weighted by Crippen LogP contribution is 2.22. The Hall–Kier alpha value is -2.91. The quantitative estimate of drug-likeness (QED) is 0.557. The van der Waals surface area contributed by atoms with Gasteiger partial charge in [0, 0.05) is 45.2 Å². The second kappa shape index (κ2) is 11.7. The first-order valence-electron chi connectivity index (χ1n) is 12.2. The Morgan fingerprint density at radius 2 is 1.40 bits per heavy atom. The van der Waals surface area contributed by atoms with Crippen LogP contribution in [0, 0.1) is 5.92 Å². The van der Waals surface area contributed by atoms with E-state index in [1.807, 2.05) is 65.6 Å². The van der Waals surface area contributed by atoms with Crippen molar-refractivity contribution >= 4 is 21.8 Å². The van der Waals surface area contributed by atoms with E-state index >= 15 is 0 Å². The van der Waals surface area contributed by atoms with E-state index in [2.05, 4.69) is 0 Å². The van der Waals surface area contributed by atoms with Gasteiger partial charge in [-0.05, 0) is 30.5 Å². The van der Waals surface area contributed by atoms with Crippen molar-refractivity contribution in [2.75, 3.05) is 45.9 Å². The molecule has 0 spiro atoms. The molecule has 0 unspecified atom stereocenters. The first-order valence-corrected chi connectivity index (χ1v) is 13.8. The molecular formula is C26H33N3O5S. The first-order chi connectivity index (χ1) is 16.9. The number of benzene rings is 2. The zero-order valence-corrected chi connectivity index (χ0v) is 20.7. The fourth-order valence-electron chi connectivity index (χ4n) is 4.63. The molecule has 2 heterocycles. The molecular weight excluding hydrogens is 466 g/mol. The first kappa shape index (κ1) is 25.2. The van der Waals surface area contributed by atoms with Crippen LogP contribution in [0.25, 0.3) is 0 Å². The minimum absolute atomic E-state index is 0.0232. The molecule has 0 radical (unpaired) electrons. The second-order valence-electron chi connectivity index (χ2n) is 9.03. The number of nitrogens with zero attached hydrogens (tertiary/aromatic N) is 3. The number of piperidine rings is 1. The lowest BCUT2D eigenvalue weighted by Crippen LogP contribution is -2.53. The van der Waals surface area contributed by atoms with Gasteiger partial charge in [0.25, 0.3) is 0 Å². The maximum atomic E-state index is 13.0. The van der Waals surface area contributed by atoms with E-state index in [0.717, 1.165) is 11.3 Å². The molecule has 2 fully saturated rings. The molecule has 35 heavy (non-hydrogen) atoms. The van der Waals surface area contributed by atoms with E-state index < -0.39 is 10.0 Å². The summed E-state index contributed by atoms with van der Waals surface area (Å²) in [6, 6.07) is 18.6. The van der Waals surface area contributed by atoms with Crippen LogP contribution in [0.15, 0.2) is 60.7 Å². The predicted molar refractivity (Wildman–Crippen MR) is 133 cm³/mol. The van der Waals surface area contributed by atoms with Crippen LogP contribution < -0.4 is 4.74 Å². The van der Waals surface area contributed by atoms with Gasteiger partial charge >= 0.3 is 0 Å². The summed E-state index contributed by atoms with van der Waals surface area (Å²) in [4.78, 5) is 29.2. The summed E-state index contributed by atoms with van der Waals surface area (Å²) in [7, 11) is -3.41. The minimum atomic E-state index is -3.41. The largest absolute Gasteiger partial charge is 0.493 e. The van der Waals surface area contributed by atoms with Crippen LogP contribution in [0.2, 0.25) is 0 Å². The van der Waals surface area contributed by atoms with Gasteiger partial charge in [0.15, 0.2) is 0 Å². The van der Waals surface area contributed by atoms with E-state index in [-0.39, 0.29) is 23.5 Å². The molecule has 188 valence electrons. The number of likely N-dealkylation sites (tertiary alicyclic amines) is 1. The van der Waals surface area contributed by atoms with Crippen molar-refractivity contribution in [3.05, 3.63) is 66.2 Å². The summed E-state index contributed by atoms with van der Waals surface area (Å²) in [5.74, 6) is 0.725. The van der Waals surface area contributed by atoms with Crippen LogP contribution in [-0.4, -0.2) is 80.2 Å². The minimum Gasteiger partial charge on any atom is -0.493 e. The molecule has 8 nitrogen and oxygen atoms in total. The van der Waals surface area contributed by atoms with Gasteiger partial charge in [0.1, 0.15) is 5.75 Å². The molecule has 2 amide bonds. The number of amides is 2. The van der Waals surface area contributed by atoms with Crippen LogP contribution in [-0.2, 0) is 25.4 Å². The van der Waals surface area contributed by atoms with Gasteiger partial charge in [0.05, 0.1) is 18.8 Å². The van der Waals surface area contributed by atoms with Crippen molar-refractivity contribution in [1.29, 1.82) is 0 Å². The van der Waals surface area contributed by atoms with Crippen molar-refractivity contribution < 1.29 is 22.7 Å². The molecule has 2 aliphatic rings. The molecule has 0 bridgehead atoms. The molecule has 0 atom stereocenters. The average molecular weight is 500 g/mol. The molecule has 4 rings (SSSR count).